The summed E-state index contributed by atoms with van der Waals surface area (Å²) in [6.45, 7) is 2.79. The molecular weight excluding hydrogens is 310 g/mol. The maximum absolute atomic E-state index is 12.9. The molecule has 23 heavy (non-hydrogen) atoms. The molecule has 3 heterocycles. The van der Waals surface area contributed by atoms with E-state index in [4.69, 9.17) is 4.52 Å². The molecule has 6 heteroatoms. The molecule has 0 radical (unpaired) electrons. The minimum Gasteiger partial charge on any atom is -0.360 e. The molecule has 0 saturated carbocycles. The van der Waals surface area contributed by atoms with Crippen molar-refractivity contribution in [3.05, 3.63) is 41.7 Å². The number of carbonyl (C=O) groups is 1. The Kier molecular flexibility index (Phi) is 3.66. The van der Waals surface area contributed by atoms with Crippen LogP contribution < -0.4 is 4.90 Å². The lowest BCUT2D eigenvalue weighted by Crippen LogP contribution is -2.32. The zero-order chi connectivity index (χ0) is 16.0. The number of anilines is 1. The number of hydrogen-bond donors (Lipinski definition) is 0. The summed E-state index contributed by atoms with van der Waals surface area (Å²) in [5.41, 5.74) is 1.13. The Morgan fingerprint density at radius 1 is 1.30 bits per heavy atom. The fraction of sp³-hybridized carbons (Fsp3) is 0.412. The van der Waals surface area contributed by atoms with Crippen molar-refractivity contribution in [1.29, 1.82) is 0 Å². The second kappa shape index (κ2) is 5.69. The molecule has 2 fully saturated rings. The number of aryl methyl sites for hydroxylation is 1. The van der Waals surface area contributed by atoms with Gasteiger partial charge >= 0.3 is 0 Å². The maximum atomic E-state index is 12.9. The number of amides is 1. The molecule has 0 N–H and O–H groups in total. The fourth-order valence-electron chi connectivity index (χ4n) is 3.60. The highest BCUT2D eigenvalue weighted by atomic mass is 32.2. The van der Waals surface area contributed by atoms with Crippen LogP contribution in [0.15, 0.2) is 39.8 Å². The van der Waals surface area contributed by atoms with Crippen LogP contribution in [0.5, 0.6) is 0 Å². The topological polar surface area (TPSA) is 49.6 Å². The van der Waals surface area contributed by atoms with E-state index in [1.807, 2.05) is 13.0 Å². The van der Waals surface area contributed by atoms with Gasteiger partial charge in [-0.1, -0.05) is 17.3 Å². The van der Waals surface area contributed by atoms with Crippen molar-refractivity contribution in [3.8, 4) is 0 Å². The number of aromatic nitrogens is 1. The lowest BCUT2D eigenvalue weighted by molar-refractivity contribution is -0.119. The predicted molar refractivity (Wildman–Crippen MR) is 89.4 cm³/mol. The van der Waals surface area contributed by atoms with Gasteiger partial charge in [0.25, 0.3) is 0 Å². The predicted octanol–water partition coefficient (Wildman–Crippen LogP) is 3.21. The van der Waals surface area contributed by atoms with Crippen molar-refractivity contribution >= 4 is 23.5 Å². The molecule has 1 aromatic heterocycles. The summed E-state index contributed by atoms with van der Waals surface area (Å²) in [6, 6.07) is 10.3. The number of benzene rings is 1. The fourth-order valence-corrected chi connectivity index (χ4v) is 4.01. The second-order valence-corrected chi connectivity index (χ2v) is 6.93. The number of fused-ring (bicyclic) bond motifs is 1. The van der Waals surface area contributed by atoms with Gasteiger partial charge in [-0.05, 0) is 43.7 Å². The molecule has 120 valence electrons. The first-order chi connectivity index (χ1) is 11.2. The summed E-state index contributed by atoms with van der Waals surface area (Å²) in [7, 11) is 0. The molecular formula is C17H19N3O2S. The smallest absolute Gasteiger partial charge is 0.247 e. The highest BCUT2D eigenvalue weighted by Gasteiger charge is 2.50. The summed E-state index contributed by atoms with van der Waals surface area (Å²) < 4.78 is 5.20. The van der Waals surface area contributed by atoms with E-state index in [-0.39, 0.29) is 18.1 Å². The normalized spacial score (nSPS) is 24.4. The van der Waals surface area contributed by atoms with E-state index in [2.05, 4.69) is 40.6 Å². The molecule has 2 aliphatic heterocycles. The minimum absolute atomic E-state index is 0.0303. The molecule has 0 aliphatic carbocycles. The summed E-state index contributed by atoms with van der Waals surface area (Å²) in [6.07, 6.45) is 3.97. The number of carbonyl (C=O) groups excluding carboxylic acids is 1. The third-order valence-electron chi connectivity index (χ3n) is 4.65. The van der Waals surface area contributed by atoms with Crippen LogP contribution in [0, 0.1) is 6.92 Å². The van der Waals surface area contributed by atoms with Crippen molar-refractivity contribution in [3.63, 3.8) is 0 Å². The first-order valence-corrected chi connectivity index (χ1v) is 9.07. The largest absolute Gasteiger partial charge is 0.360 e. The molecule has 0 unspecified atom stereocenters. The summed E-state index contributed by atoms with van der Waals surface area (Å²) in [4.78, 5) is 18.2. The van der Waals surface area contributed by atoms with Gasteiger partial charge in [0, 0.05) is 17.5 Å². The average molecular weight is 329 g/mol. The van der Waals surface area contributed by atoms with Crippen LogP contribution >= 0.6 is 11.8 Å². The van der Waals surface area contributed by atoms with Crippen molar-refractivity contribution in [2.75, 3.05) is 17.7 Å². The van der Waals surface area contributed by atoms with Crippen LogP contribution in [0.4, 0.5) is 5.82 Å². The first kappa shape index (κ1) is 14.8. The van der Waals surface area contributed by atoms with Gasteiger partial charge in [0.15, 0.2) is 5.82 Å². The molecule has 0 spiro atoms. The summed E-state index contributed by atoms with van der Waals surface area (Å²) >= 11 is 1.72. The molecule has 1 aromatic carbocycles. The monoisotopic (exact) mass is 329 g/mol. The van der Waals surface area contributed by atoms with Crippen molar-refractivity contribution < 1.29 is 9.32 Å². The number of nitrogens with zero attached hydrogens (tertiary/aromatic N) is 3. The molecule has 5 nitrogen and oxygen atoms in total. The van der Waals surface area contributed by atoms with Crippen LogP contribution in [0.2, 0.25) is 0 Å². The Hall–Kier alpha value is -1.79. The van der Waals surface area contributed by atoms with E-state index in [1.54, 1.807) is 16.7 Å². The number of thioether (sulfide) groups is 1. The molecule has 4 rings (SSSR count). The van der Waals surface area contributed by atoms with Crippen LogP contribution in [-0.4, -0.2) is 34.8 Å². The van der Waals surface area contributed by atoms with Crippen molar-refractivity contribution in [2.45, 2.75) is 36.9 Å². The number of hydrogen-bond acceptors (Lipinski definition) is 5. The van der Waals surface area contributed by atoms with Gasteiger partial charge in [0.1, 0.15) is 11.9 Å². The summed E-state index contributed by atoms with van der Waals surface area (Å²) in [5.74, 6) is 1.46. The van der Waals surface area contributed by atoms with Gasteiger partial charge in [0.05, 0.1) is 6.04 Å². The SMILES string of the molecule is CSc1ccc([C@@H]2N(c3cc(C)on3)C(=O)[C@H]3CCCN32)cc1. The number of rotatable bonds is 3. The molecule has 2 aromatic rings. The van der Waals surface area contributed by atoms with E-state index >= 15 is 0 Å². The average Bonchev–Trinajstić information content (AvgIpc) is 3.25. The third kappa shape index (κ3) is 2.37. The van der Waals surface area contributed by atoms with Gasteiger partial charge in [0.2, 0.25) is 5.91 Å². The van der Waals surface area contributed by atoms with Crippen LogP contribution in [0.25, 0.3) is 0 Å². The third-order valence-corrected chi connectivity index (χ3v) is 5.40. The minimum atomic E-state index is -0.0876. The Morgan fingerprint density at radius 3 is 2.74 bits per heavy atom. The zero-order valence-corrected chi connectivity index (χ0v) is 14.0. The quantitative estimate of drug-likeness (QED) is 0.809. The molecule has 0 bridgehead atoms. The molecule has 2 saturated heterocycles. The van der Waals surface area contributed by atoms with E-state index in [0.717, 1.165) is 30.7 Å². The van der Waals surface area contributed by atoms with Gasteiger partial charge in [-0.2, -0.15) is 0 Å². The van der Waals surface area contributed by atoms with E-state index in [0.29, 0.717) is 5.82 Å². The van der Waals surface area contributed by atoms with Crippen molar-refractivity contribution in [1.82, 2.24) is 10.1 Å². The highest BCUT2D eigenvalue weighted by Crippen LogP contribution is 2.42. The van der Waals surface area contributed by atoms with Crippen molar-refractivity contribution in [2.24, 2.45) is 0 Å². The van der Waals surface area contributed by atoms with Gasteiger partial charge in [-0.15, -0.1) is 11.8 Å². The highest BCUT2D eigenvalue weighted by molar-refractivity contribution is 7.98. The standard InChI is InChI=1S/C17H19N3O2S/c1-11-10-15(18-22-11)20-16(12-5-7-13(23-2)8-6-12)19-9-3-4-14(19)17(20)21/h5-8,10,14,16H,3-4,9H2,1-2H3/t14-,16+/m1/s1. The first-order valence-electron chi connectivity index (χ1n) is 7.85. The summed E-state index contributed by atoms with van der Waals surface area (Å²) in [5, 5.41) is 4.08. The van der Waals surface area contributed by atoms with Crippen LogP contribution in [0.1, 0.15) is 30.3 Å². The van der Waals surface area contributed by atoms with E-state index < -0.39 is 0 Å². The Balaban J connectivity index is 1.76. The molecule has 1 amide bonds. The Morgan fingerprint density at radius 2 is 2.09 bits per heavy atom. The van der Waals surface area contributed by atoms with E-state index in [9.17, 15) is 4.79 Å². The Labute approximate surface area is 139 Å². The van der Waals surface area contributed by atoms with Gasteiger partial charge in [-0.25, -0.2) is 0 Å². The zero-order valence-electron chi connectivity index (χ0n) is 13.2. The van der Waals surface area contributed by atoms with Crippen LogP contribution in [-0.2, 0) is 4.79 Å². The molecule has 2 aliphatic rings. The maximum Gasteiger partial charge on any atom is 0.247 e. The van der Waals surface area contributed by atoms with Crippen LogP contribution in [0.3, 0.4) is 0 Å². The van der Waals surface area contributed by atoms with Gasteiger partial charge < -0.3 is 4.52 Å². The van der Waals surface area contributed by atoms with E-state index in [1.165, 1.54) is 4.90 Å². The molecule has 2 atom stereocenters. The lowest BCUT2D eigenvalue weighted by atomic mass is 10.1. The Bertz CT molecular complexity index is 728. The second-order valence-electron chi connectivity index (χ2n) is 6.05. The van der Waals surface area contributed by atoms with Gasteiger partial charge in [-0.3, -0.25) is 14.6 Å². The lowest BCUT2D eigenvalue weighted by Gasteiger charge is -2.28.